The zero-order chi connectivity index (χ0) is 21.7. The fourth-order valence-electron chi connectivity index (χ4n) is 4.06. The SMILES string of the molecule is C[C@H](O[C@H]1C[C@@H](N)[C@@H](O)[C@H](C)O1)c1cc(O)c2c(c1O)C(=O)c1ccccc1C2=O. The molecule has 1 heterocycles. The standard InChI is InChI=1S/C22H23NO7/c1-9(29-16-8-14(23)19(25)10(2)30-16)13-7-15(24)17-18(22(13)28)21(27)12-6-4-3-5-11(12)20(17)26/h3-7,9-10,14,16,19,24-25,28H,8,23H2,1-2H3/t9-,10-,14+,16+,19-/m0/s1. The van der Waals surface area contributed by atoms with E-state index in [9.17, 15) is 24.9 Å². The molecule has 0 aromatic heterocycles. The topological polar surface area (TPSA) is 139 Å². The highest BCUT2D eigenvalue weighted by atomic mass is 16.7. The van der Waals surface area contributed by atoms with Gasteiger partial charge in [-0.05, 0) is 19.9 Å². The normalized spacial score (nSPS) is 26.8. The second-order valence-electron chi connectivity index (χ2n) is 7.73. The van der Waals surface area contributed by atoms with Crippen LogP contribution in [0.3, 0.4) is 0 Å². The highest BCUT2D eigenvalue weighted by molar-refractivity contribution is 6.30. The Balaban J connectivity index is 1.69. The maximum absolute atomic E-state index is 13.0. The fraction of sp³-hybridized carbons (Fsp3) is 0.364. The first kappa shape index (κ1) is 20.5. The number of benzene rings is 2. The van der Waals surface area contributed by atoms with Gasteiger partial charge in [0.1, 0.15) is 11.5 Å². The molecule has 1 aliphatic carbocycles. The van der Waals surface area contributed by atoms with Crippen molar-refractivity contribution in [3.63, 3.8) is 0 Å². The third kappa shape index (κ3) is 3.18. The summed E-state index contributed by atoms with van der Waals surface area (Å²) < 4.78 is 11.5. The Kier molecular flexibility index (Phi) is 5.11. The van der Waals surface area contributed by atoms with Crippen LogP contribution in [-0.2, 0) is 9.47 Å². The van der Waals surface area contributed by atoms with Crippen LogP contribution >= 0.6 is 0 Å². The van der Waals surface area contributed by atoms with E-state index < -0.39 is 53.7 Å². The monoisotopic (exact) mass is 413 g/mol. The molecular formula is C22H23NO7. The van der Waals surface area contributed by atoms with E-state index in [-0.39, 0.29) is 34.2 Å². The molecule has 0 bridgehead atoms. The minimum absolute atomic E-state index is 0.141. The van der Waals surface area contributed by atoms with Gasteiger partial charge < -0.3 is 30.5 Å². The van der Waals surface area contributed by atoms with Crippen molar-refractivity contribution in [1.29, 1.82) is 0 Å². The molecule has 0 amide bonds. The summed E-state index contributed by atoms with van der Waals surface area (Å²) in [4.78, 5) is 25.8. The van der Waals surface area contributed by atoms with E-state index in [1.54, 1.807) is 26.0 Å². The Morgan fingerprint density at radius 1 is 1.13 bits per heavy atom. The highest BCUT2D eigenvalue weighted by Gasteiger charge is 2.38. The number of ketones is 2. The molecule has 0 spiro atoms. The molecule has 0 unspecified atom stereocenters. The van der Waals surface area contributed by atoms with Crippen molar-refractivity contribution >= 4 is 11.6 Å². The molecule has 4 rings (SSSR count). The van der Waals surface area contributed by atoms with Gasteiger partial charge in [0, 0.05) is 29.2 Å². The highest BCUT2D eigenvalue weighted by Crippen LogP contribution is 2.43. The molecule has 2 aromatic carbocycles. The number of phenolic OH excluding ortho intramolecular Hbond substituents is 2. The van der Waals surface area contributed by atoms with Crippen molar-refractivity contribution in [2.24, 2.45) is 5.73 Å². The Hall–Kier alpha value is -2.78. The quantitative estimate of drug-likeness (QED) is 0.477. The van der Waals surface area contributed by atoms with Crippen LogP contribution in [0.1, 0.15) is 63.8 Å². The van der Waals surface area contributed by atoms with Crippen LogP contribution in [0, 0.1) is 0 Å². The van der Waals surface area contributed by atoms with Gasteiger partial charge in [0.05, 0.1) is 29.4 Å². The fourth-order valence-corrected chi connectivity index (χ4v) is 4.06. The van der Waals surface area contributed by atoms with Crippen molar-refractivity contribution in [3.8, 4) is 11.5 Å². The number of aliphatic hydroxyl groups is 1. The Bertz CT molecular complexity index is 1020. The molecule has 8 heteroatoms. The summed E-state index contributed by atoms with van der Waals surface area (Å²) >= 11 is 0. The first-order valence-corrected chi connectivity index (χ1v) is 9.72. The molecule has 2 aliphatic rings. The molecule has 0 saturated carbocycles. The minimum atomic E-state index is -0.815. The summed E-state index contributed by atoms with van der Waals surface area (Å²) in [5, 5.41) is 31.3. The third-order valence-corrected chi connectivity index (χ3v) is 5.72. The second-order valence-corrected chi connectivity index (χ2v) is 7.73. The molecular weight excluding hydrogens is 390 g/mol. The van der Waals surface area contributed by atoms with Gasteiger partial charge in [0.25, 0.3) is 0 Å². The van der Waals surface area contributed by atoms with Gasteiger partial charge >= 0.3 is 0 Å². The summed E-state index contributed by atoms with van der Waals surface area (Å²) in [6.45, 7) is 3.29. The number of aromatic hydroxyl groups is 2. The Morgan fingerprint density at radius 2 is 1.73 bits per heavy atom. The lowest BCUT2D eigenvalue weighted by atomic mass is 9.81. The van der Waals surface area contributed by atoms with Gasteiger partial charge in [0.15, 0.2) is 17.9 Å². The smallest absolute Gasteiger partial charge is 0.198 e. The van der Waals surface area contributed by atoms with Crippen LogP contribution in [0.4, 0.5) is 0 Å². The van der Waals surface area contributed by atoms with E-state index in [0.29, 0.717) is 0 Å². The van der Waals surface area contributed by atoms with Crippen LogP contribution in [0.15, 0.2) is 30.3 Å². The van der Waals surface area contributed by atoms with Crippen LogP contribution in [-0.4, -0.2) is 51.4 Å². The van der Waals surface area contributed by atoms with E-state index in [1.807, 2.05) is 0 Å². The van der Waals surface area contributed by atoms with Crippen molar-refractivity contribution in [1.82, 2.24) is 0 Å². The summed E-state index contributed by atoms with van der Waals surface area (Å²) in [5.74, 6) is -1.91. The average Bonchev–Trinajstić information content (AvgIpc) is 2.71. The van der Waals surface area contributed by atoms with Gasteiger partial charge in [-0.2, -0.15) is 0 Å². The molecule has 158 valence electrons. The molecule has 8 nitrogen and oxygen atoms in total. The largest absolute Gasteiger partial charge is 0.507 e. The van der Waals surface area contributed by atoms with Crippen molar-refractivity contribution in [3.05, 3.63) is 58.1 Å². The molecule has 30 heavy (non-hydrogen) atoms. The number of rotatable bonds is 3. The molecule has 1 aliphatic heterocycles. The summed E-state index contributed by atoms with van der Waals surface area (Å²) in [7, 11) is 0. The number of hydrogen-bond donors (Lipinski definition) is 4. The van der Waals surface area contributed by atoms with E-state index >= 15 is 0 Å². The van der Waals surface area contributed by atoms with Gasteiger partial charge in [-0.25, -0.2) is 0 Å². The number of ether oxygens (including phenoxy) is 2. The van der Waals surface area contributed by atoms with Crippen LogP contribution < -0.4 is 5.73 Å². The maximum atomic E-state index is 13.0. The van der Waals surface area contributed by atoms with Crippen LogP contribution in [0.5, 0.6) is 11.5 Å². The summed E-state index contributed by atoms with van der Waals surface area (Å²) in [6, 6.07) is 6.95. The van der Waals surface area contributed by atoms with Crippen molar-refractivity contribution in [2.45, 2.75) is 50.9 Å². The number of carbonyl (C=O) groups is 2. The van der Waals surface area contributed by atoms with E-state index in [0.717, 1.165) is 0 Å². The van der Waals surface area contributed by atoms with Crippen LogP contribution in [0.2, 0.25) is 0 Å². The summed E-state index contributed by atoms with van der Waals surface area (Å²) in [6.07, 6.45) is -2.65. The second kappa shape index (κ2) is 7.48. The number of nitrogens with two attached hydrogens (primary N) is 1. The van der Waals surface area contributed by atoms with Gasteiger partial charge in [-0.1, -0.05) is 24.3 Å². The molecule has 1 saturated heterocycles. The first-order chi connectivity index (χ1) is 14.2. The predicted octanol–water partition coefficient (Wildman–Crippen LogP) is 1.77. The number of hydrogen-bond acceptors (Lipinski definition) is 8. The zero-order valence-electron chi connectivity index (χ0n) is 16.5. The average molecular weight is 413 g/mol. The molecule has 1 fully saturated rings. The molecule has 5 atom stereocenters. The maximum Gasteiger partial charge on any atom is 0.198 e. The van der Waals surface area contributed by atoms with Gasteiger partial charge in [-0.3, -0.25) is 9.59 Å². The van der Waals surface area contributed by atoms with E-state index in [4.69, 9.17) is 15.2 Å². The number of aliphatic hydroxyl groups excluding tert-OH is 1. The number of carbonyl (C=O) groups excluding carboxylic acids is 2. The Labute approximate surface area is 172 Å². The van der Waals surface area contributed by atoms with Crippen molar-refractivity contribution < 1.29 is 34.4 Å². The molecule has 5 N–H and O–H groups in total. The third-order valence-electron chi connectivity index (χ3n) is 5.72. The minimum Gasteiger partial charge on any atom is -0.507 e. The van der Waals surface area contributed by atoms with Gasteiger partial charge in [-0.15, -0.1) is 0 Å². The number of fused-ring (bicyclic) bond motifs is 2. The first-order valence-electron chi connectivity index (χ1n) is 9.72. The van der Waals surface area contributed by atoms with Crippen LogP contribution in [0.25, 0.3) is 0 Å². The summed E-state index contributed by atoms with van der Waals surface area (Å²) in [5.41, 5.74) is 5.94. The lowest BCUT2D eigenvalue weighted by Crippen LogP contribution is -2.51. The van der Waals surface area contributed by atoms with Gasteiger partial charge in [0.2, 0.25) is 0 Å². The lowest BCUT2D eigenvalue weighted by Gasteiger charge is -2.37. The Morgan fingerprint density at radius 3 is 2.33 bits per heavy atom. The molecule has 2 aromatic rings. The van der Waals surface area contributed by atoms with Crippen molar-refractivity contribution in [2.75, 3.05) is 0 Å². The number of phenols is 2. The lowest BCUT2D eigenvalue weighted by molar-refractivity contribution is -0.238. The van der Waals surface area contributed by atoms with E-state index in [2.05, 4.69) is 0 Å². The zero-order valence-corrected chi connectivity index (χ0v) is 16.5. The van der Waals surface area contributed by atoms with E-state index in [1.165, 1.54) is 18.2 Å². The molecule has 0 radical (unpaired) electrons. The predicted molar refractivity (Wildman–Crippen MR) is 106 cm³/mol.